The first-order chi connectivity index (χ1) is 12.2. The molecular formula is C21H29NO2S. The van der Waals surface area contributed by atoms with E-state index in [1.807, 2.05) is 0 Å². The van der Waals surface area contributed by atoms with Crippen LogP contribution in [0.25, 0.3) is 0 Å². The van der Waals surface area contributed by atoms with Crippen molar-refractivity contribution in [3.8, 4) is 5.75 Å². The van der Waals surface area contributed by atoms with E-state index in [9.17, 15) is 0 Å². The molecule has 3 fully saturated rings. The smallest absolute Gasteiger partial charge is 0.119 e. The molecule has 0 amide bonds. The highest BCUT2D eigenvalue weighted by molar-refractivity contribution is 7.99. The molecule has 1 spiro atoms. The van der Waals surface area contributed by atoms with Gasteiger partial charge in [0.05, 0.1) is 19.3 Å². The van der Waals surface area contributed by atoms with Gasteiger partial charge in [-0.2, -0.15) is 11.8 Å². The number of thioether (sulfide) groups is 1. The zero-order valence-corrected chi connectivity index (χ0v) is 16.2. The first-order valence-corrected chi connectivity index (χ1v) is 10.9. The minimum absolute atomic E-state index is 0.159. The third kappa shape index (κ3) is 2.40. The van der Waals surface area contributed by atoms with Crippen molar-refractivity contribution in [3.05, 3.63) is 29.3 Å². The molecular weight excluding hydrogens is 330 g/mol. The molecule has 3 nitrogen and oxygen atoms in total. The molecule has 5 rings (SSSR count). The fourth-order valence-electron chi connectivity index (χ4n) is 6.01. The van der Waals surface area contributed by atoms with E-state index >= 15 is 0 Å². The SMILES string of the molecule is COc1ccc2c(c1)[C@]13CCN(C)[C@H](C2)[C@@H]1CC1(CCSCC1)OC3. The number of rotatable bonds is 1. The van der Waals surface area contributed by atoms with E-state index in [1.165, 1.54) is 61.3 Å². The predicted molar refractivity (Wildman–Crippen MR) is 103 cm³/mol. The Kier molecular flexibility index (Phi) is 3.88. The zero-order valence-electron chi connectivity index (χ0n) is 15.4. The molecule has 4 aliphatic rings. The summed E-state index contributed by atoms with van der Waals surface area (Å²) in [5.41, 5.74) is 3.41. The highest BCUT2D eigenvalue weighted by Crippen LogP contribution is 2.57. The van der Waals surface area contributed by atoms with Crippen molar-refractivity contribution >= 4 is 11.8 Å². The van der Waals surface area contributed by atoms with E-state index in [0.29, 0.717) is 6.04 Å². The number of nitrogens with zero attached hydrogens (tertiary/aromatic N) is 1. The molecule has 3 heterocycles. The van der Waals surface area contributed by atoms with Crippen molar-refractivity contribution in [3.63, 3.8) is 0 Å². The first-order valence-electron chi connectivity index (χ1n) is 9.75. The molecule has 3 aliphatic heterocycles. The molecule has 1 aromatic rings. The van der Waals surface area contributed by atoms with E-state index in [2.05, 4.69) is 41.9 Å². The lowest BCUT2D eigenvalue weighted by Crippen LogP contribution is -2.65. The van der Waals surface area contributed by atoms with Crippen LogP contribution in [0.3, 0.4) is 0 Å². The first kappa shape index (κ1) is 16.5. The maximum Gasteiger partial charge on any atom is 0.119 e. The minimum atomic E-state index is 0.159. The van der Waals surface area contributed by atoms with Gasteiger partial charge in [0.15, 0.2) is 0 Å². The van der Waals surface area contributed by atoms with Crippen LogP contribution in [-0.4, -0.2) is 55.4 Å². The highest BCUT2D eigenvalue weighted by atomic mass is 32.2. The number of benzene rings is 1. The molecule has 4 heteroatoms. The van der Waals surface area contributed by atoms with Crippen molar-refractivity contribution in [1.82, 2.24) is 4.90 Å². The van der Waals surface area contributed by atoms with Gasteiger partial charge in [0.2, 0.25) is 0 Å². The van der Waals surface area contributed by atoms with Gasteiger partial charge in [-0.3, -0.25) is 0 Å². The third-order valence-electron chi connectivity index (χ3n) is 7.57. The molecule has 0 radical (unpaired) electrons. The third-order valence-corrected chi connectivity index (χ3v) is 8.55. The second-order valence-electron chi connectivity index (χ2n) is 8.58. The van der Waals surface area contributed by atoms with Gasteiger partial charge < -0.3 is 14.4 Å². The number of hydrogen-bond acceptors (Lipinski definition) is 4. The van der Waals surface area contributed by atoms with Crippen molar-refractivity contribution < 1.29 is 9.47 Å². The number of fused-ring (bicyclic) bond motifs is 1. The van der Waals surface area contributed by atoms with E-state index < -0.39 is 0 Å². The molecule has 2 bridgehead atoms. The number of ether oxygens (including phenoxy) is 2. The van der Waals surface area contributed by atoms with Crippen LogP contribution in [0.5, 0.6) is 5.75 Å². The molecule has 0 unspecified atom stereocenters. The van der Waals surface area contributed by atoms with Gasteiger partial charge in [-0.15, -0.1) is 0 Å². The fraction of sp³-hybridized carbons (Fsp3) is 0.714. The van der Waals surface area contributed by atoms with Gasteiger partial charge in [0, 0.05) is 11.5 Å². The maximum atomic E-state index is 6.75. The summed E-state index contributed by atoms with van der Waals surface area (Å²) >= 11 is 2.10. The summed E-state index contributed by atoms with van der Waals surface area (Å²) in [6.45, 7) is 2.09. The van der Waals surface area contributed by atoms with Crippen LogP contribution in [0.1, 0.15) is 36.8 Å². The Labute approximate surface area is 155 Å². The second-order valence-corrected chi connectivity index (χ2v) is 9.80. The maximum absolute atomic E-state index is 6.75. The summed E-state index contributed by atoms with van der Waals surface area (Å²) in [7, 11) is 4.12. The van der Waals surface area contributed by atoms with Crippen LogP contribution in [0.15, 0.2) is 18.2 Å². The molecule has 1 aliphatic carbocycles. The van der Waals surface area contributed by atoms with E-state index in [4.69, 9.17) is 9.47 Å². The number of hydrogen-bond donors (Lipinski definition) is 0. The van der Waals surface area contributed by atoms with E-state index in [1.54, 1.807) is 7.11 Å². The lowest BCUT2D eigenvalue weighted by Gasteiger charge is -2.62. The van der Waals surface area contributed by atoms with Crippen molar-refractivity contribution in [1.29, 1.82) is 0 Å². The predicted octanol–water partition coefficient (Wildman–Crippen LogP) is 3.50. The Bertz CT molecular complexity index is 672. The van der Waals surface area contributed by atoms with Crippen LogP contribution in [-0.2, 0) is 16.6 Å². The Morgan fingerprint density at radius 1 is 1.24 bits per heavy atom. The highest BCUT2D eigenvalue weighted by Gasteiger charge is 2.58. The van der Waals surface area contributed by atoms with Gasteiger partial charge in [0.1, 0.15) is 5.75 Å². The number of likely N-dealkylation sites (tertiary alicyclic amines) is 1. The summed E-state index contributed by atoms with van der Waals surface area (Å²) in [6.07, 6.45) is 6.14. The summed E-state index contributed by atoms with van der Waals surface area (Å²) in [6, 6.07) is 7.43. The average molecular weight is 360 g/mol. The Morgan fingerprint density at radius 2 is 2.08 bits per heavy atom. The summed E-state index contributed by atoms with van der Waals surface area (Å²) in [5, 5.41) is 0. The minimum Gasteiger partial charge on any atom is -0.497 e. The van der Waals surface area contributed by atoms with Crippen LogP contribution >= 0.6 is 11.8 Å². The number of methoxy groups -OCH3 is 1. The van der Waals surface area contributed by atoms with Gasteiger partial charge in [0.25, 0.3) is 0 Å². The number of piperidine rings is 1. The van der Waals surface area contributed by atoms with Crippen LogP contribution < -0.4 is 4.74 Å². The van der Waals surface area contributed by atoms with E-state index in [0.717, 1.165) is 18.3 Å². The Balaban J connectivity index is 1.58. The van der Waals surface area contributed by atoms with Crippen LogP contribution in [0.2, 0.25) is 0 Å². The Morgan fingerprint density at radius 3 is 2.88 bits per heavy atom. The van der Waals surface area contributed by atoms with Gasteiger partial charge in [-0.25, -0.2) is 0 Å². The average Bonchev–Trinajstić information content (AvgIpc) is 2.65. The quantitative estimate of drug-likeness (QED) is 0.765. The van der Waals surface area contributed by atoms with Gasteiger partial charge >= 0.3 is 0 Å². The summed E-state index contributed by atoms with van der Waals surface area (Å²) in [5.74, 6) is 4.26. The zero-order chi connectivity index (χ0) is 17.1. The number of likely N-dealkylation sites (N-methyl/N-ethyl adjacent to an activating group) is 1. The molecule has 1 aromatic carbocycles. The van der Waals surface area contributed by atoms with Crippen molar-refractivity contribution in [2.75, 3.05) is 38.8 Å². The lowest BCUT2D eigenvalue weighted by molar-refractivity contribution is -0.171. The fourth-order valence-corrected chi connectivity index (χ4v) is 7.24. The molecule has 0 N–H and O–H groups in total. The van der Waals surface area contributed by atoms with E-state index in [-0.39, 0.29) is 11.0 Å². The Hall–Kier alpha value is -0.710. The van der Waals surface area contributed by atoms with Crippen molar-refractivity contribution in [2.45, 2.75) is 49.2 Å². The van der Waals surface area contributed by atoms with Crippen molar-refractivity contribution in [2.24, 2.45) is 5.92 Å². The molecule has 3 saturated heterocycles. The topological polar surface area (TPSA) is 21.7 Å². The molecule has 136 valence electrons. The molecule has 25 heavy (non-hydrogen) atoms. The van der Waals surface area contributed by atoms with Crippen LogP contribution in [0.4, 0.5) is 0 Å². The molecule has 3 atom stereocenters. The van der Waals surface area contributed by atoms with Gasteiger partial charge in [-0.1, -0.05) is 6.07 Å². The normalized spacial score (nSPS) is 36.6. The second kappa shape index (κ2) is 5.90. The largest absolute Gasteiger partial charge is 0.497 e. The monoisotopic (exact) mass is 359 g/mol. The summed E-state index contributed by atoms with van der Waals surface area (Å²) < 4.78 is 12.3. The molecule has 0 aromatic heterocycles. The standard InChI is InChI=1S/C21H29NO2S/c1-22-8-5-21-14-24-20(6-9-25-10-7-20)13-18(21)19(22)11-15-3-4-16(23-2)12-17(15)21/h3-4,12,18-19H,5-11,13-14H2,1-2H3/t18-,19+,21+/m0/s1. The van der Waals surface area contributed by atoms with Gasteiger partial charge in [-0.05, 0) is 86.4 Å². The molecule has 0 saturated carbocycles. The van der Waals surface area contributed by atoms with Crippen LogP contribution in [0, 0.1) is 5.92 Å². The summed E-state index contributed by atoms with van der Waals surface area (Å²) in [4.78, 5) is 2.63. The lowest BCUT2D eigenvalue weighted by atomic mass is 9.54.